The number of amides is 1. The number of hydrogen-bond donors (Lipinski definition) is 1. The number of rotatable bonds is 6. The van der Waals surface area contributed by atoms with Crippen LogP contribution in [0.25, 0.3) is 0 Å². The van der Waals surface area contributed by atoms with E-state index in [9.17, 15) is 4.79 Å². The van der Waals surface area contributed by atoms with E-state index in [1.54, 1.807) is 13.2 Å². The fraction of sp³-hybridized carbons (Fsp3) is 0.235. The van der Waals surface area contributed by atoms with Crippen molar-refractivity contribution in [2.75, 3.05) is 20.3 Å². The van der Waals surface area contributed by atoms with Crippen molar-refractivity contribution in [1.29, 1.82) is 0 Å². The van der Waals surface area contributed by atoms with E-state index in [1.807, 2.05) is 43.3 Å². The zero-order chi connectivity index (χ0) is 15.9. The number of nitrogens with one attached hydrogen (secondary N) is 1. The van der Waals surface area contributed by atoms with Crippen LogP contribution in [0.1, 0.15) is 15.9 Å². The van der Waals surface area contributed by atoms with Crippen molar-refractivity contribution in [3.63, 3.8) is 0 Å². The molecule has 0 spiro atoms. The Kier molecular flexibility index (Phi) is 5.83. The number of carbonyl (C=O) groups excluding carboxylic acids is 1. The van der Waals surface area contributed by atoms with Crippen LogP contribution >= 0.6 is 15.9 Å². The van der Waals surface area contributed by atoms with Crippen molar-refractivity contribution in [3.8, 4) is 11.5 Å². The second kappa shape index (κ2) is 7.84. The minimum absolute atomic E-state index is 0.168. The van der Waals surface area contributed by atoms with E-state index in [4.69, 9.17) is 9.47 Å². The minimum Gasteiger partial charge on any atom is -0.496 e. The Labute approximate surface area is 138 Å². The van der Waals surface area contributed by atoms with Crippen LogP contribution in [0.2, 0.25) is 0 Å². The van der Waals surface area contributed by atoms with Crippen molar-refractivity contribution in [2.45, 2.75) is 6.92 Å². The number of carbonyl (C=O) groups is 1. The summed E-state index contributed by atoms with van der Waals surface area (Å²) in [6.07, 6.45) is 0. The molecule has 0 aromatic heterocycles. The average molecular weight is 364 g/mol. The van der Waals surface area contributed by atoms with Crippen LogP contribution in [0.4, 0.5) is 0 Å². The highest BCUT2D eigenvalue weighted by Gasteiger charge is 2.11. The number of hydrogen-bond acceptors (Lipinski definition) is 3. The van der Waals surface area contributed by atoms with Crippen LogP contribution < -0.4 is 14.8 Å². The summed E-state index contributed by atoms with van der Waals surface area (Å²) in [6.45, 7) is 2.76. The molecule has 2 aromatic carbocycles. The molecule has 0 atom stereocenters. The van der Waals surface area contributed by atoms with E-state index in [0.717, 1.165) is 15.8 Å². The first-order chi connectivity index (χ1) is 10.6. The highest BCUT2D eigenvalue weighted by Crippen LogP contribution is 2.19. The summed E-state index contributed by atoms with van der Waals surface area (Å²) in [6, 6.07) is 13.1. The summed E-state index contributed by atoms with van der Waals surface area (Å²) in [5.74, 6) is 1.16. The van der Waals surface area contributed by atoms with Gasteiger partial charge >= 0.3 is 0 Å². The first kappa shape index (κ1) is 16.4. The molecule has 1 amide bonds. The lowest BCUT2D eigenvalue weighted by Gasteiger charge is -2.11. The van der Waals surface area contributed by atoms with Gasteiger partial charge in [0.25, 0.3) is 5.91 Å². The first-order valence-corrected chi connectivity index (χ1v) is 7.70. The minimum atomic E-state index is -0.168. The van der Waals surface area contributed by atoms with Crippen molar-refractivity contribution < 1.29 is 14.3 Å². The maximum atomic E-state index is 12.2. The van der Waals surface area contributed by atoms with Crippen LogP contribution in [0, 0.1) is 6.92 Å². The Morgan fingerprint density at radius 3 is 2.77 bits per heavy atom. The molecule has 5 heteroatoms. The molecule has 0 fully saturated rings. The lowest BCUT2D eigenvalue weighted by atomic mass is 10.1. The maximum absolute atomic E-state index is 12.2. The monoisotopic (exact) mass is 363 g/mol. The third-order valence-electron chi connectivity index (χ3n) is 3.05. The fourth-order valence-electron chi connectivity index (χ4n) is 1.98. The van der Waals surface area contributed by atoms with Crippen LogP contribution in [0.3, 0.4) is 0 Å². The van der Waals surface area contributed by atoms with Gasteiger partial charge in [0, 0.05) is 4.47 Å². The van der Waals surface area contributed by atoms with Gasteiger partial charge in [-0.1, -0.05) is 33.6 Å². The zero-order valence-electron chi connectivity index (χ0n) is 12.6. The van der Waals surface area contributed by atoms with E-state index >= 15 is 0 Å². The van der Waals surface area contributed by atoms with Gasteiger partial charge in [0.05, 0.1) is 19.2 Å². The Morgan fingerprint density at radius 1 is 1.23 bits per heavy atom. The largest absolute Gasteiger partial charge is 0.496 e. The van der Waals surface area contributed by atoms with Gasteiger partial charge in [0.15, 0.2) is 0 Å². The Morgan fingerprint density at radius 2 is 2.05 bits per heavy atom. The average Bonchev–Trinajstić information content (AvgIpc) is 2.51. The topological polar surface area (TPSA) is 47.6 Å². The molecular weight excluding hydrogens is 346 g/mol. The predicted octanol–water partition coefficient (Wildman–Crippen LogP) is 3.57. The molecule has 0 radical (unpaired) electrons. The molecule has 116 valence electrons. The van der Waals surface area contributed by atoms with E-state index in [1.165, 1.54) is 0 Å². The lowest BCUT2D eigenvalue weighted by Crippen LogP contribution is -2.28. The fourth-order valence-corrected chi connectivity index (χ4v) is 2.36. The molecule has 0 heterocycles. The number of halogens is 1. The molecule has 0 aliphatic heterocycles. The Hall–Kier alpha value is -2.01. The molecule has 0 bridgehead atoms. The number of benzene rings is 2. The van der Waals surface area contributed by atoms with Crippen molar-refractivity contribution in [2.24, 2.45) is 0 Å². The Balaban J connectivity index is 1.87. The number of methoxy groups -OCH3 is 1. The van der Waals surface area contributed by atoms with Crippen LogP contribution in [0.15, 0.2) is 46.9 Å². The van der Waals surface area contributed by atoms with Gasteiger partial charge < -0.3 is 14.8 Å². The lowest BCUT2D eigenvalue weighted by molar-refractivity contribution is 0.0944. The Bertz CT molecular complexity index is 658. The van der Waals surface area contributed by atoms with Gasteiger partial charge in [-0.15, -0.1) is 0 Å². The smallest absolute Gasteiger partial charge is 0.255 e. The summed E-state index contributed by atoms with van der Waals surface area (Å²) < 4.78 is 11.7. The van der Waals surface area contributed by atoms with Crippen molar-refractivity contribution in [3.05, 3.63) is 58.1 Å². The van der Waals surface area contributed by atoms with Crippen LogP contribution in [-0.2, 0) is 0 Å². The highest BCUT2D eigenvalue weighted by molar-refractivity contribution is 9.10. The molecule has 0 saturated carbocycles. The quantitative estimate of drug-likeness (QED) is 0.798. The molecule has 0 saturated heterocycles. The number of ether oxygens (including phenoxy) is 2. The predicted molar refractivity (Wildman–Crippen MR) is 89.7 cm³/mol. The van der Waals surface area contributed by atoms with Gasteiger partial charge in [-0.2, -0.15) is 0 Å². The third-order valence-corrected chi connectivity index (χ3v) is 3.55. The second-order valence-corrected chi connectivity index (χ2v) is 5.68. The van der Waals surface area contributed by atoms with Gasteiger partial charge in [-0.25, -0.2) is 0 Å². The van der Waals surface area contributed by atoms with Gasteiger partial charge in [-0.3, -0.25) is 4.79 Å². The first-order valence-electron chi connectivity index (χ1n) is 6.91. The van der Waals surface area contributed by atoms with Crippen molar-refractivity contribution >= 4 is 21.8 Å². The maximum Gasteiger partial charge on any atom is 0.255 e. The standard InChI is InChI=1S/C17H18BrNO3/c1-12-6-7-16(21-2)15(10-12)17(20)19-8-9-22-14-5-3-4-13(18)11-14/h3-7,10-11H,8-9H2,1-2H3,(H,19,20). The highest BCUT2D eigenvalue weighted by atomic mass is 79.9. The molecule has 4 nitrogen and oxygen atoms in total. The second-order valence-electron chi connectivity index (χ2n) is 4.77. The molecule has 2 aromatic rings. The molecule has 2 rings (SSSR count). The van der Waals surface area contributed by atoms with Crippen LogP contribution in [-0.4, -0.2) is 26.2 Å². The summed E-state index contributed by atoms with van der Waals surface area (Å²) in [5, 5.41) is 2.83. The summed E-state index contributed by atoms with van der Waals surface area (Å²) in [5.41, 5.74) is 1.54. The molecular formula is C17H18BrNO3. The number of aryl methyl sites for hydroxylation is 1. The summed E-state index contributed by atoms with van der Waals surface area (Å²) >= 11 is 3.38. The SMILES string of the molecule is COc1ccc(C)cc1C(=O)NCCOc1cccc(Br)c1. The third kappa shape index (κ3) is 4.49. The summed E-state index contributed by atoms with van der Waals surface area (Å²) in [7, 11) is 1.55. The summed E-state index contributed by atoms with van der Waals surface area (Å²) in [4.78, 5) is 12.2. The zero-order valence-corrected chi connectivity index (χ0v) is 14.1. The van der Waals surface area contributed by atoms with Gasteiger partial charge in [0.1, 0.15) is 18.1 Å². The molecule has 0 aliphatic rings. The van der Waals surface area contributed by atoms with E-state index in [-0.39, 0.29) is 5.91 Å². The molecule has 0 aliphatic carbocycles. The van der Waals surface area contributed by atoms with Crippen molar-refractivity contribution in [1.82, 2.24) is 5.32 Å². The molecule has 22 heavy (non-hydrogen) atoms. The van der Waals surface area contributed by atoms with Gasteiger partial charge in [0.2, 0.25) is 0 Å². The van der Waals surface area contributed by atoms with E-state index < -0.39 is 0 Å². The normalized spacial score (nSPS) is 10.1. The van der Waals surface area contributed by atoms with Gasteiger partial charge in [-0.05, 0) is 37.3 Å². The van der Waals surface area contributed by atoms with E-state index in [0.29, 0.717) is 24.5 Å². The molecule has 0 unspecified atom stereocenters. The van der Waals surface area contributed by atoms with E-state index in [2.05, 4.69) is 21.2 Å². The molecule has 1 N–H and O–H groups in total. The van der Waals surface area contributed by atoms with Crippen LogP contribution in [0.5, 0.6) is 11.5 Å².